The fourth-order valence-electron chi connectivity index (χ4n) is 5.00. The lowest BCUT2D eigenvalue weighted by atomic mass is 9.84. The van der Waals surface area contributed by atoms with E-state index in [2.05, 4.69) is 10.0 Å². The lowest BCUT2D eigenvalue weighted by molar-refractivity contribution is -0.142. The van der Waals surface area contributed by atoms with E-state index >= 15 is 0 Å². The van der Waals surface area contributed by atoms with Gasteiger partial charge in [0.2, 0.25) is 5.91 Å². The third kappa shape index (κ3) is 6.00. The van der Waals surface area contributed by atoms with Crippen molar-refractivity contribution < 1.29 is 36.9 Å². The molecule has 3 N–H and O–H groups in total. The van der Waals surface area contributed by atoms with E-state index in [1.54, 1.807) is 25.3 Å². The molecule has 2 aliphatic heterocycles. The van der Waals surface area contributed by atoms with Gasteiger partial charge in [0.1, 0.15) is 29.5 Å². The minimum absolute atomic E-state index is 0.0642. The molecule has 3 aromatic carbocycles. The van der Waals surface area contributed by atoms with Gasteiger partial charge < -0.3 is 24.6 Å². The Bertz CT molecular complexity index is 1430. The Morgan fingerprint density at radius 1 is 1.10 bits per heavy atom. The smallest absolute Gasteiger partial charge is 0.261 e. The second-order valence-corrected chi connectivity index (χ2v) is 11.2. The Balaban J connectivity index is 1.26. The van der Waals surface area contributed by atoms with Crippen molar-refractivity contribution in [2.45, 2.75) is 48.5 Å². The third-order valence-corrected chi connectivity index (χ3v) is 8.33. The number of methoxy groups -OCH3 is 1. The number of carbonyl (C=O) groups is 1. The number of fused-ring (bicyclic) bond motifs is 3. The van der Waals surface area contributed by atoms with Crippen LogP contribution in [0, 0.1) is 5.82 Å². The van der Waals surface area contributed by atoms with Gasteiger partial charge in [-0.3, -0.25) is 9.52 Å². The summed E-state index contributed by atoms with van der Waals surface area (Å²) >= 11 is 0. The van der Waals surface area contributed by atoms with Crippen molar-refractivity contribution in [3.8, 4) is 11.5 Å². The van der Waals surface area contributed by atoms with Gasteiger partial charge in [-0.05, 0) is 66.6 Å². The predicted octanol–water partition coefficient (Wildman–Crippen LogP) is 3.34. The fourth-order valence-corrected chi connectivity index (χ4v) is 6.05. The lowest BCUT2D eigenvalue weighted by Gasteiger charge is -2.37. The molecule has 4 atom stereocenters. The minimum atomic E-state index is -3.93. The van der Waals surface area contributed by atoms with Crippen LogP contribution in [0.2, 0.25) is 0 Å². The van der Waals surface area contributed by atoms with Gasteiger partial charge in [-0.25, -0.2) is 12.8 Å². The Kier molecular flexibility index (Phi) is 7.74. The molecule has 3 aromatic rings. The van der Waals surface area contributed by atoms with E-state index in [0.29, 0.717) is 24.4 Å². The summed E-state index contributed by atoms with van der Waals surface area (Å²) in [6.07, 6.45) is -1.02. The highest BCUT2D eigenvalue weighted by molar-refractivity contribution is 7.92. The quantitative estimate of drug-likeness (QED) is 0.370. The van der Waals surface area contributed by atoms with Crippen molar-refractivity contribution in [1.82, 2.24) is 5.32 Å². The van der Waals surface area contributed by atoms with E-state index in [-0.39, 0.29) is 29.7 Å². The van der Waals surface area contributed by atoms with Gasteiger partial charge in [-0.1, -0.05) is 12.1 Å². The molecule has 0 bridgehead atoms. The summed E-state index contributed by atoms with van der Waals surface area (Å²) in [5.74, 6) is 0.375. The van der Waals surface area contributed by atoms with Crippen molar-refractivity contribution >= 4 is 21.6 Å². The van der Waals surface area contributed by atoms with Crippen LogP contribution in [0.25, 0.3) is 0 Å². The van der Waals surface area contributed by atoms with E-state index in [1.807, 2.05) is 24.3 Å². The van der Waals surface area contributed by atoms with Gasteiger partial charge in [-0.2, -0.15) is 0 Å². The molecule has 206 valence electrons. The van der Waals surface area contributed by atoms with E-state index in [0.717, 1.165) is 29.0 Å². The number of amides is 1. The summed E-state index contributed by atoms with van der Waals surface area (Å²) in [6.45, 7) is 0.0672. The number of rotatable bonds is 9. The molecule has 0 spiro atoms. The number of nitrogens with one attached hydrogen (secondary N) is 2. The maximum absolute atomic E-state index is 13.2. The first-order valence-corrected chi connectivity index (χ1v) is 14.0. The maximum atomic E-state index is 13.2. The number of aliphatic hydroxyl groups is 1. The number of carbonyl (C=O) groups excluding carboxylic acids is 1. The summed E-state index contributed by atoms with van der Waals surface area (Å²) in [5, 5.41) is 12.9. The standard InChI is InChI=1S/C28H29FN2O7S/c1-36-20-7-2-17(3-8-20)15-30-27(33)14-21-13-24-23-12-19(6-11-25(23)38-28(24)26(16-32)37-21)31-39(34,35)22-9-4-18(29)5-10-22/h2-12,21,24,26,28,31-32H,13-16H2,1H3,(H,30,33)/t21-,24+,26-,28-/m0/s1. The highest BCUT2D eigenvalue weighted by Crippen LogP contribution is 2.47. The van der Waals surface area contributed by atoms with Crippen LogP contribution in [-0.4, -0.2) is 51.5 Å². The van der Waals surface area contributed by atoms with E-state index < -0.39 is 34.2 Å². The molecule has 1 amide bonds. The number of benzene rings is 3. The molecule has 0 unspecified atom stereocenters. The molecule has 39 heavy (non-hydrogen) atoms. The zero-order valence-electron chi connectivity index (χ0n) is 21.2. The highest BCUT2D eigenvalue weighted by atomic mass is 32.2. The number of ether oxygens (including phenoxy) is 3. The van der Waals surface area contributed by atoms with Crippen molar-refractivity contribution in [3.05, 3.63) is 83.7 Å². The Labute approximate surface area is 226 Å². The molecule has 0 aliphatic carbocycles. The fraction of sp³-hybridized carbons (Fsp3) is 0.321. The zero-order chi connectivity index (χ0) is 27.6. The van der Waals surface area contributed by atoms with Crippen LogP contribution < -0.4 is 19.5 Å². The number of aliphatic hydroxyl groups excluding tert-OH is 1. The van der Waals surface area contributed by atoms with E-state index in [1.165, 1.54) is 12.1 Å². The van der Waals surface area contributed by atoms with Crippen LogP contribution in [0.3, 0.4) is 0 Å². The van der Waals surface area contributed by atoms with Gasteiger partial charge in [0, 0.05) is 23.7 Å². The molecule has 11 heteroatoms. The topological polar surface area (TPSA) is 123 Å². The van der Waals surface area contributed by atoms with Crippen LogP contribution >= 0.6 is 0 Å². The first-order valence-electron chi connectivity index (χ1n) is 12.5. The lowest BCUT2D eigenvalue weighted by Crippen LogP contribution is -2.47. The SMILES string of the molecule is COc1ccc(CNC(=O)C[C@@H]2C[C@@H]3c4cc(NS(=O)(=O)c5ccc(F)cc5)ccc4O[C@@H]3[C@H](CO)O2)cc1. The minimum Gasteiger partial charge on any atom is -0.497 e. The Morgan fingerprint density at radius 3 is 2.54 bits per heavy atom. The van der Waals surface area contributed by atoms with Crippen molar-refractivity contribution in [1.29, 1.82) is 0 Å². The molecule has 0 aromatic heterocycles. The molecule has 9 nitrogen and oxygen atoms in total. The van der Waals surface area contributed by atoms with Crippen LogP contribution in [0.5, 0.6) is 11.5 Å². The number of sulfonamides is 1. The van der Waals surface area contributed by atoms with Gasteiger partial charge in [0.15, 0.2) is 0 Å². The predicted molar refractivity (Wildman–Crippen MR) is 141 cm³/mol. The monoisotopic (exact) mass is 556 g/mol. The molecule has 1 saturated heterocycles. The second kappa shape index (κ2) is 11.2. The van der Waals surface area contributed by atoms with Crippen molar-refractivity contribution in [3.63, 3.8) is 0 Å². The first kappa shape index (κ1) is 26.9. The Morgan fingerprint density at radius 2 is 1.85 bits per heavy atom. The number of anilines is 1. The van der Waals surface area contributed by atoms with Gasteiger partial charge in [-0.15, -0.1) is 0 Å². The zero-order valence-corrected chi connectivity index (χ0v) is 22.0. The molecule has 1 fully saturated rings. The van der Waals surface area contributed by atoms with Gasteiger partial charge >= 0.3 is 0 Å². The van der Waals surface area contributed by atoms with Gasteiger partial charge in [0.25, 0.3) is 10.0 Å². The molecular formula is C28H29FN2O7S. The number of hydrogen-bond donors (Lipinski definition) is 3. The van der Waals surface area contributed by atoms with Crippen LogP contribution in [0.1, 0.15) is 29.9 Å². The summed E-state index contributed by atoms with van der Waals surface area (Å²) < 4.78 is 58.6. The second-order valence-electron chi connectivity index (χ2n) is 9.54. The highest BCUT2D eigenvalue weighted by Gasteiger charge is 2.46. The average Bonchev–Trinajstić information content (AvgIpc) is 3.29. The van der Waals surface area contributed by atoms with Crippen LogP contribution in [0.4, 0.5) is 10.1 Å². The summed E-state index contributed by atoms with van der Waals surface area (Å²) in [7, 11) is -2.34. The van der Waals surface area contributed by atoms with Crippen molar-refractivity contribution in [2.24, 2.45) is 0 Å². The largest absolute Gasteiger partial charge is 0.497 e. The average molecular weight is 557 g/mol. The van der Waals surface area contributed by atoms with Crippen molar-refractivity contribution in [2.75, 3.05) is 18.4 Å². The van der Waals surface area contributed by atoms with Gasteiger partial charge in [0.05, 0.1) is 31.1 Å². The van der Waals surface area contributed by atoms with E-state index in [4.69, 9.17) is 14.2 Å². The summed E-state index contributed by atoms with van der Waals surface area (Å²) in [4.78, 5) is 12.6. The molecular weight excluding hydrogens is 527 g/mol. The maximum Gasteiger partial charge on any atom is 0.261 e. The number of hydrogen-bond acceptors (Lipinski definition) is 7. The van der Waals surface area contributed by atoms with Crippen LogP contribution in [0.15, 0.2) is 71.6 Å². The van der Waals surface area contributed by atoms with Crippen LogP contribution in [-0.2, 0) is 26.1 Å². The first-order chi connectivity index (χ1) is 18.8. The normalized spacial score (nSPS) is 21.8. The summed E-state index contributed by atoms with van der Waals surface area (Å²) in [5.41, 5.74) is 2.02. The molecule has 2 aliphatic rings. The molecule has 0 radical (unpaired) electrons. The molecule has 5 rings (SSSR count). The molecule has 2 heterocycles. The van der Waals surface area contributed by atoms with E-state index in [9.17, 15) is 22.7 Å². The Hall–Kier alpha value is -3.67. The number of halogens is 1. The third-order valence-electron chi connectivity index (χ3n) is 6.94. The summed E-state index contributed by atoms with van der Waals surface area (Å²) in [6, 6.07) is 16.9. The molecule has 0 saturated carbocycles.